The maximum atomic E-state index is 5.82. The summed E-state index contributed by atoms with van der Waals surface area (Å²) in [6.07, 6.45) is 0. The van der Waals surface area contributed by atoms with Gasteiger partial charge in [0, 0.05) is 5.39 Å². The van der Waals surface area contributed by atoms with E-state index >= 15 is 0 Å². The van der Waals surface area contributed by atoms with Crippen LogP contribution in [0.2, 0.25) is 0 Å². The molecule has 0 aliphatic rings. The monoisotopic (exact) mass is 225 g/mol. The third-order valence-corrected chi connectivity index (χ3v) is 2.64. The molecule has 0 aliphatic carbocycles. The number of nitrogens with two attached hydrogens (primary N) is 2. The zero-order valence-corrected chi connectivity index (χ0v) is 9.05. The van der Waals surface area contributed by atoms with Crippen LogP contribution in [0.5, 0.6) is 0 Å². The fourth-order valence-corrected chi connectivity index (χ4v) is 1.81. The fraction of sp³-hybridized carbons (Fsp3) is 0. The topological polar surface area (TPSA) is 78.1 Å². The summed E-state index contributed by atoms with van der Waals surface area (Å²) in [5.74, 6) is 1.49. The Morgan fingerprint density at radius 1 is 1.00 bits per heavy atom. The Kier molecular flexibility index (Phi) is 2.01. The number of hydrogen-bond donors (Lipinski definition) is 2. The second-order valence-corrected chi connectivity index (χ2v) is 3.82. The number of rotatable bonds is 1. The highest BCUT2D eigenvalue weighted by Crippen LogP contribution is 2.30. The molecule has 2 heterocycles. The minimum absolute atomic E-state index is 0.379. The van der Waals surface area contributed by atoms with E-state index < -0.39 is 0 Å². The normalized spacial score (nSPS) is 10.8. The van der Waals surface area contributed by atoms with E-state index in [1.807, 2.05) is 36.4 Å². The number of hydrogen-bond acceptors (Lipinski definition) is 4. The van der Waals surface area contributed by atoms with Crippen molar-refractivity contribution in [3.05, 3.63) is 42.5 Å². The molecule has 84 valence electrons. The van der Waals surface area contributed by atoms with Crippen molar-refractivity contribution >= 4 is 22.6 Å². The lowest BCUT2D eigenvalue weighted by Gasteiger charge is -2.01. The first-order valence-corrected chi connectivity index (χ1v) is 5.25. The molecule has 0 amide bonds. The summed E-state index contributed by atoms with van der Waals surface area (Å²) in [5, 5.41) is 1.04. The molecule has 0 fully saturated rings. The Hall–Kier alpha value is -2.49. The molecule has 4 nitrogen and oxygen atoms in total. The zero-order chi connectivity index (χ0) is 11.8. The van der Waals surface area contributed by atoms with Crippen molar-refractivity contribution < 1.29 is 4.42 Å². The third kappa shape index (κ3) is 1.59. The number of aromatic nitrogens is 1. The molecule has 4 N–H and O–H groups in total. The van der Waals surface area contributed by atoms with Crippen molar-refractivity contribution in [2.24, 2.45) is 0 Å². The van der Waals surface area contributed by atoms with Gasteiger partial charge in [-0.1, -0.05) is 18.2 Å². The highest BCUT2D eigenvalue weighted by atomic mass is 16.3. The molecule has 3 rings (SSSR count). The minimum Gasteiger partial charge on any atom is -0.456 e. The van der Waals surface area contributed by atoms with Gasteiger partial charge in [-0.25, -0.2) is 4.98 Å². The molecule has 0 radical (unpaired) electrons. The lowest BCUT2D eigenvalue weighted by atomic mass is 10.2. The standard InChI is InChI=1S/C13H11N3O/c14-12-6-5-9(13(15)16-12)11-7-8-3-1-2-4-10(8)17-11/h1-7H,(H4,14,15,16). The van der Waals surface area contributed by atoms with Crippen molar-refractivity contribution in [3.8, 4) is 11.3 Å². The average Bonchev–Trinajstić information content (AvgIpc) is 2.72. The van der Waals surface area contributed by atoms with Crippen LogP contribution in [0.1, 0.15) is 0 Å². The number of fused-ring (bicyclic) bond motifs is 1. The van der Waals surface area contributed by atoms with E-state index in [1.54, 1.807) is 6.07 Å². The van der Waals surface area contributed by atoms with Crippen LogP contribution in [-0.2, 0) is 0 Å². The van der Waals surface area contributed by atoms with Gasteiger partial charge in [0.05, 0.1) is 5.56 Å². The van der Waals surface area contributed by atoms with Crippen LogP contribution >= 0.6 is 0 Å². The molecule has 0 atom stereocenters. The summed E-state index contributed by atoms with van der Waals surface area (Å²) in [6.45, 7) is 0. The molecule has 2 aromatic heterocycles. The predicted molar refractivity (Wildman–Crippen MR) is 68.3 cm³/mol. The summed E-state index contributed by atoms with van der Waals surface area (Å²) < 4.78 is 5.71. The number of nitrogen functional groups attached to an aromatic ring is 2. The SMILES string of the molecule is Nc1ccc(-c2cc3ccccc3o2)c(N)n1. The number of para-hydroxylation sites is 1. The Labute approximate surface area is 97.9 Å². The molecular weight excluding hydrogens is 214 g/mol. The Balaban J connectivity index is 2.20. The van der Waals surface area contributed by atoms with Gasteiger partial charge >= 0.3 is 0 Å². The van der Waals surface area contributed by atoms with E-state index in [0.29, 0.717) is 17.4 Å². The summed E-state index contributed by atoms with van der Waals surface area (Å²) in [4.78, 5) is 4.02. The van der Waals surface area contributed by atoms with Crippen LogP contribution in [0.4, 0.5) is 11.6 Å². The summed E-state index contributed by atoms with van der Waals surface area (Å²) in [7, 11) is 0. The number of benzene rings is 1. The van der Waals surface area contributed by atoms with E-state index in [0.717, 1.165) is 16.5 Å². The van der Waals surface area contributed by atoms with Gasteiger partial charge in [0.2, 0.25) is 0 Å². The molecule has 4 heteroatoms. The van der Waals surface area contributed by atoms with Gasteiger partial charge in [-0.3, -0.25) is 0 Å². The second-order valence-electron chi connectivity index (χ2n) is 3.82. The number of nitrogens with zero attached hydrogens (tertiary/aromatic N) is 1. The van der Waals surface area contributed by atoms with Gasteiger partial charge in [0.25, 0.3) is 0 Å². The van der Waals surface area contributed by atoms with Crippen LogP contribution in [0.3, 0.4) is 0 Å². The smallest absolute Gasteiger partial charge is 0.139 e. The van der Waals surface area contributed by atoms with Crippen LogP contribution in [0, 0.1) is 0 Å². The van der Waals surface area contributed by atoms with Crippen LogP contribution in [-0.4, -0.2) is 4.98 Å². The molecule has 0 saturated carbocycles. The first kappa shape index (κ1) is 9.72. The largest absolute Gasteiger partial charge is 0.456 e. The van der Waals surface area contributed by atoms with Gasteiger partial charge in [-0.05, 0) is 24.3 Å². The maximum Gasteiger partial charge on any atom is 0.139 e. The van der Waals surface area contributed by atoms with E-state index in [-0.39, 0.29) is 0 Å². The van der Waals surface area contributed by atoms with E-state index in [1.165, 1.54) is 0 Å². The first-order chi connectivity index (χ1) is 8.24. The first-order valence-electron chi connectivity index (χ1n) is 5.25. The average molecular weight is 225 g/mol. The lowest BCUT2D eigenvalue weighted by molar-refractivity contribution is 0.631. The van der Waals surface area contributed by atoms with Crippen molar-refractivity contribution in [2.45, 2.75) is 0 Å². The summed E-state index contributed by atoms with van der Waals surface area (Å²) >= 11 is 0. The molecule has 0 bridgehead atoms. The zero-order valence-electron chi connectivity index (χ0n) is 9.05. The Morgan fingerprint density at radius 2 is 1.82 bits per heavy atom. The van der Waals surface area contributed by atoms with Gasteiger partial charge < -0.3 is 15.9 Å². The molecule has 0 aliphatic heterocycles. The molecule has 3 aromatic rings. The molecule has 0 saturated heterocycles. The van der Waals surface area contributed by atoms with E-state index in [4.69, 9.17) is 15.9 Å². The van der Waals surface area contributed by atoms with E-state index in [9.17, 15) is 0 Å². The quantitative estimate of drug-likeness (QED) is 0.667. The predicted octanol–water partition coefficient (Wildman–Crippen LogP) is 2.66. The van der Waals surface area contributed by atoms with Crippen LogP contribution in [0.15, 0.2) is 46.9 Å². The number of pyridine rings is 1. The Morgan fingerprint density at radius 3 is 2.59 bits per heavy atom. The molecule has 1 aromatic carbocycles. The van der Waals surface area contributed by atoms with Crippen LogP contribution < -0.4 is 11.5 Å². The second kappa shape index (κ2) is 3.52. The third-order valence-electron chi connectivity index (χ3n) is 2.64. The van der Waals surface area contributed by atoms with Crippen molar-refractivity contribution in [2.75, 3.05) is 11.5 Å². The van der Waals surface area contributed by atoms with Crippen molar-refractivity contribution in [1.82, 2.24) is 4.98 Å². The molecule has 17 heavy (non-hydrogen) atoms. The molecule has 0 unspecified atom stereocenters. The Bertz CT molecular complexity index is 655. The molecule has 0 spiro atoms. The maximum absolute atomic E-state index is 5.82. The number of furan rings is 1. The summed E-state index contributed by atoms with van der Waals surface area (Å²) in [5.41, 5.74) is 13.0. The number of anilines is 2. The minimum atomic E-state index is 0.379. The van der Waals surface area contributed by atoms with Crippen molar-refractivity contribution in [3.63, 3.8) is 0 Å². The summed E-state index contributed by atoms with van der Waals surface area (Å²) in [6, 6.07) is 13.3. The van der Waals surface area contributed by atoms with Crippen molar-refractivity contribution in [1.29, 1.82) is 0 Å². The highest BCUT2D eigenvalue weighted by Gasteiger charge is 2.09. The molecular formula is C13H11N3O. The van der Waals surface area contributed by atoms with Gasteiger partial charge in [-0.2, -0.15) is 0 Å². The van der Waals surface area contributed by atoms with E-state index in [2.05, 4.69) is 4.98 Å². The highest BCUT2D eigenvalue weighted by molar-refractivity contribution is 5.85. The van der Waals surface area contributed by atoms with Gasteiger partial charge in [0.1, 0.15) is 23.0 Å². The lowest BCUT2D eigenvalue weighted by Crippen LogP contribution is -1.97. The van der Waals surface area contributed by atoms with Gasteiger partial charge in [-0.15, -0.1) is 0 Å². The fourth-order valence-electron chi connectivity index (χ4n) is 1.81. The van der Waals surface area contributed by atoms with Gasteiger partial charge in [0.15, 0.2) is 0 Å². The van der Waals surface area contributed by atoms with Crippen LogP contribution in [0.25, 0.3) is 22.3 Å².